The standard InChI is InChI=1S/C54H103NO18/c1-4-6-8-10-12-14-16-18-19-20-22-24-26-28-30-32-41(59)55-37(43(61)38(58)31-29-27-25-23-21-17-15-13-11-9-7-5-2)35-68-52-49(67)51(73-53-47(65)45(63)42(60)36(3)69-53)50(40(34-57)71-52)72-54-48(66)46(64)44(62)39(33-56)70-54/h36-40,42-54,56-58,60-67H,4-35H2,1-3H3,(H,55,59)/t36-,37+,38?,39-,40-,42+,43+,44+,45+,46+,47-,48-,49-,50-,51-,52-,53-,54+/m1/s1. The van der Waals surface area contributed by atoms with E-state index in [0.717, 1.165) is 51.4 Å². The highest BCUT2D eigenvalue weighted by Crippen LogP contribution is 2.34. The Morgan fingerprint density at radius 3 is 1.37 bits per heavy atom. The summed E-state index contributed by atoms with van der Waals surface area (Å²) in [5.41, 5.74) is 0. The predicted octanol–water partition coefficient (Wildman–Crippen LogP) is 4.04. The average molecular weight is 1050 g/mol. The molecule has 432 valence electrons. The van der Waals surface area contributed by atoms with Crippen molar-refractivity contribution in [3.8, 4) is 0 Å². The lowest BCUT2D eigenvalue weighted by Crippen LogP contribution is -2.67. The molecular weight excluding hydrogens is 951 g/mol. The van der Waals surface area contributed by atoms with E-state index in [4.69, 9.17) is 28.4 Å². The summed E-state index contributed by atoms with van der Waals surface area (Å²) in [6.45, 7) is 3.73. The van der Waals surface area contributed by atoms with Crippen LogP contribution in [-0.2, 0) is 33.2 Å². The number of aliphatic hydroxyl groups is 11. The molecule has 1 unspecified atom stereocenters. The van der Waals surface area contributed by atoms with E-state index in [-0.39, 0.29) is 18.7 Å². The van der Waals surface area contributed by atoms with Crippen LogP contribution >= 0.6 is 0 Å². The third-order valence-electron chi connectivity index (χ3n) is 15.0. The zero-order chi connectivity index (χ0) is 53.5. The zero-order valence-electron chi connectivity index (χ0n) is 44.8. The number of unbranched alkanes of at least 4 members (excludes halogenated alkanes) is 25. The molecule has 0 aliphatic carbocycles. The first kappa shape index (κ1) is 66.1. The molecule has 0 saturated carbocycles. The van der Waals surface area contributed by atoms with Gasteiger partial charge in [-0.1, -0.05) is 181 Å². The molecule has 0 aromatic carbocycles. The monoisotopic (exact) mass is 1050 g/mol. The highest BCUT2D eigenvalue weighted by atomic mass is 16.8. The van der Waals surface area contributed by atoms with Gasteiger partial charge in [-0.3, -0.25) is 4.79 Å². The fourth-order valence-electron chi connectivity index (χ4n) is 10.1. The first-order valence-electron chi connectivity index (χ1n) is 28.7. The van der Waals surface area contributed by atoms with E-state index >= 15 is 0 Å². The third kappa shape index (κ3) is 23.7. The molecule has 0 spiro atoms. The minimum atomic E-state index is -1.92. The van der Waals surface area contributed by atoms with Crippen molar-refractivity contribution >= 4 is 5.91 Å². The number of rotatable bonds is 41. The minimum absolute atomic E-state index is 0.168. The van der Waals surface area contributed by atoms with Crippen LogP contribution in [0.1, 0.15) is 207 Å². The molecule has 3 aliphatic rings. The van der Waals surface area contributed by atoms with Gasteiger partial charge in [0.2, 0.25) is 5.91 Å². The summed E-state index contributed by atoms with van der Waals surface area (Å²) in [7, 11) is 0. The van der Waals surface area contributed by atoms with Gasteiger partial charge < -0.3 is 89.9 Å². The molecule has 3 fully saturated rings. The number of carbonyl (C=O) groups is 1. The van der Waals surface area contributed by atoms with Gasteiger partial charge in [-0.25, -0.2) is 0 Å². The fourth-order valence-corrected chi connectivity index (χ4v) is 10.1. The van der Waals surface area contributed by atoms with E-state index in [1.807, 2.05) is 0 Å². The van der Waals surface area contributed by atoms with Gasteiger partial charge in [-0.2, -0.15) is 0 Å². The van der Waals surface area contributed by atoms with Gasteiger partial charge in [0.15, 0.2) is 18.9 Å². The zero-order valence-corrected chi connectivity index (χ0v) is 44.8. The molecule has 12 N–H and O–H groups in total. The number of hydrogen-bond acceptors (Lipinski definition) is 18. The Morgan fingerprint density at radius 1 is 0.479 bits per heavy atom. The molecule has 0 bridgehead atoms. The minimum Gasteiger partial charge on any atom is -0.394 e. The molecule has 3 heterocycles. The van der Waals surface area contributed by atoms with E-state index in [1.54, 1.807) is 0 Å². The van der Waals surface area contributed by atoms with Crippen LogP contribution in [-0.4, -0.2) is 192 Å². The average Bonchev–Trinajstić information content (AvgIpc) is 3.38. The van der Waals surface area contributed by atoms with Crippen LogP contribution in [0.3, 0.4) is 0 Å². The number of amides is 1. The van der Waals surface area contributed by atoms with Crippen LogP contribution < -0.4 is 5.32 Å². The van der Waals surface area contributed by atoms with Gasteiger partial charge in [-0.05, 0) is 19.8 Å². The maximum absolute atomic E-state index is 13.5. The highest BCUT2D eigenvalue weighted by Gasteiger charge is 2.54. The number of hydrogen-bond donors (Lipinski definition) is 12. The molecule has 0 aromatic rings. The fraction of sp³-hybridized carbons (Fsp3) is 0.981. The Kier molecular flexibility index (Phi) is 34.7. The van der Waals surface area contributed by atoms with Gasteiger partial charge in [0.05, 0.1) is 38.1 Å². The lowest BCUT2D eigenvalue weighted by Gasteiger charge is -2.49. The molecule has 19 heteroatoms. The van der Waals surface area contributed by atoms with Crippen LogP contribution in [0, 0.1) is 0 Å². The van der Waals surface area contributed by atoms with Crippen molar-refractivity contribution in [1.29, 1.82) is 0 Å². The molecule has 3 saturated heterocycles. The quantitative estimate of drug-likeness (QED) is 0.0385. The van der Waals surface area contributed by atoms with Crippen molar-refractivity contribution in [2.24, 2.45) is 0 Å². The van der Waals surface area contributed by atoms with Gasteiger partial charge in [-0.15, -0.1) is 0 Å². The summed E-state index contributed by atoms with van der Waals surface area (Å²) in [5, 5.41) is 122. The van der Waals surface area contributed by atoms with Gasteiger partial charge in [0, 0.05) is 6.42 Å². The summed E-state index contributed by atoms with van der Waals surface area (Å²) in [4.78, 5) is 13.5. The molecule has 18 atom stereocenters. The van der Waals surface area contributed by atoms with Gasteiger partial charge >= 0.3 is 0 Å². The second-order valence-electron chi connectivity index (χ2n) is 21.2. The van der Waals surface area contributed by atoms with Crippen LogP contribution in [0.4, 0.5) is 0 Å². The van der Waals surface area contributed by atoms with Crippen molar-refractivity contribution in [3.05, 3.63) is 0 Å². The lowest BCUT2D eigenvalue weighted by atomic mass is 9.96. The molecule has 1 amide bonds. The first-order chi connectivity index (χ1) is 35.2. The molecule has 73 heavy (non-hydrogen) atoms. The Balaban J connectivity index is 1.66. The van der Waals surface area contributed by atoms with E-state index < -0.39 is 130 Å². The highest BCUT2D eigenvalue weighted by molar-refractivity contribution is 5.76. The summed E-state index contributed by atoms with van der Waals surface area (Å²) in [6.07, 6.45) is 3.80. The van der Waals surface area contributed by atoms with Crippen molar-refractivity contribution < 1.29 is 89.4 Å². The largest absolute Gasteiger partial charge is 0.394 e. The number of carbonyl (C=O) groups excluding carboxylic acids is 1. The Hall–Kier alpha value is -1.21. The number of aliphatic hydroxyl groups excluding tert-OH is 11. The summed E-state index contributed by atoms with van der Waals surface area (Å²) in [5.74, 6) is -0.370. The van der Waals surface area contributed by atoms with Crippen LogP contribution in [0.5, 0.6) is 0 Å². The van der Waals surface area contributed by atoms with Crippen molar-refractivity contribution in [2.45, 2.75) is 317 Å². The Morgan fingerprint density at radius 2 is 0.890 bits per heavy atom. The predicted molar refractivity (Wildman–Crippen MR) is 273 cm³/mol. The summed E-state index contributed by atoms with van der Waals surface area (Å²) in [6, 6.07) is -1.19. The lowest BCUT2D eigenvalue weighted by molar-refractivity contribution is -0.386. The van der Waals surface area contributed by atoms with Crippen molar-refractivity contribution in [2.75, 3.05) is 19.8 Å². The normalized spacial score (nSPS) is 32.1. The second-order valence-corrected chi connectivity index (χ2v) is 21.2. The maximum Gasteiger partial charge on any atom is 0.220 e. The molecule has 3 rings (SSSR count). The molecule has 0 radical (unpaired) electrons. The molecular formula is C54H103NO18. The Bertz CT molecular complexity index is 1370. The van der Waals surface area contributed by atoms with E-state index in [0.29, 0.717) is 12.8 Å². The number of nitrogens with one attached hydrogen (secondary N) is 1. The van der Waals surface area contributed by atoms with Gasteiger partial charge in [0.25, 0.3) is 0 Å². The first-order valence-corrected chi connectivity index (χ1v) is 28.7. The summed E-state index contributed by atoms with van der Waals surface area (Å²) >= 11 is 0. The molecule has 3 aliphatic heterocycles. The van der Waals surface area contributed by atoms with Crippen LogP contribution in [0.2, 0.25) is 0 Å². The van der Waals surface area contributed by atoms with Crippen LogP contribution in [0.25, 0.3) is 0 Å². The molecule has 0 aromatic heterocycles. The van der Waals surface area contributed by atoms with E-state index in [2.05, 4.69) is 19.2 Å². The van der Waals surface area contributed by atoms with E-state index in [9.17, 15) is 61.0 Å². The molecule has 19 nitrogen and oxygen atoms in total. The van der Waals surface area contributed by atoms with Crippen molar-refractivity contribution in [1.82, 2.24) is 5.32 Å². The Labute approximate surface area is 436 Å². The summed E-state index contributed by atoms with van der Waals surface area (Å²) < 4.78 is 35.2. The second kappa shape index (κ2) is 38.4. The van der Waals surface area contributed by atoms with Gasteiger partial charge in [0.1, 0.15) is 73.2 Å². The van der Waals surface area contributed by atoms with E-state index in [1.165, 1.54) is 116 Å². The smallest absolute Gasteiger partial charge is 0.220 e. The van der Waals surface area contributed by atoms with Crippen LogP contribution in [0.15, 0.2) is 0 Å². The van der Waals surface area contributed by atoms with Crippen molar-refractivity contribution in [3.63, 3.8) is 0 Å². The topological polar surface area (TPSA) is 307 Å². The number of ether oxygens (including phenoxy) is 6. The third-order valence-corrected chi connectivity index (χ3v) is 15.0. The maximum atomic E-state index is 13.5. The SMILES string of the molecule is CCCCCCCCCCCCCCCCCC(=O)N[C@@H](CO[C@@H]1O[C@H](CO)[C@@H](O[C@@H]2O[C@H](CO)[C@H](O)[C@H](O)[C@H]2O)[C@H](O[C@H]2O[C@H](C)[C@H](O)[C@H](O)[C@H]2O)[C@H]1O)[C@H](O)C(O)CCCCCCCCCCCCCC.